The average Bonchev–Trinajstić information content (AvgIpc) is 2.28. The van der Waals surface area contributed by atoms with E-state index in [0.717, 1.165) is 13.0 Å². The standard InChI is InChI=1S/C11H17N3O2/c1-4-5-14(2)10-9(11(15)16-3)6-8(12)7-13-10/h6-7H,4-5,12H2,1-3H3. The molecule has 88 valence electrons. The lowest BCUT2D eigenvalue weighted by Crippen LogP contribution is -2.22. The Balaban J connectivity index is 3.11. The summed E-state index contributed by atoms with van der Waals surface area (Å²) in [4.78, 5) is 17.6. The first-order valence-electron chi connectivity index (χ1n) is 5.15. The molecule has 2 N–H and O–H groups in total. The molecule has 5 heteroatoms. The molecule has 0 aliphatic rings. The van der Waals surface area contributed by atoms with Crippen LogP contribution < -0.4 is 10.6 Å². The number of ether oxygens (including phenoxy) is 1. The normalized spacial score (nSPS) is 9.94. The van der Waals surface area contributed by atoms with Gasteiger partial charge in [-0.25, -0.2) is 9.78 Å². The summed E-state index contributed by atoms with van der Waals surface area (Å²) < 4.78 is 4.70. The van der Waals surface area contributed by atoms with Crippen LogP contribution in [0.1, 0.15) is 23.7 Å². The molecular formula is C11H17N3O2. The van der Waals surface area contributed by atoms with Gasteiger partial charge in [-0.2, -0.15) is 0 Å². The number of aromatic nitrogens is 1. The highest BCUT2D eigenvalue weighted by Crippen LogP contribution is 2.19. The molecule has 1 aromatic heterocycles. The van der Waals surface area contributed by atoms with Gasteiger partial charge >= 0.3 is 5.97 Å². The van der Waals surface area contributed by atoms with E-state index < -0.39 is 5.97 Å². The number of esters is 1. The SMILES string of the molecule is CCCN(C)c1ncc(N)cc1C(=O)OC. The van der Waals surface area contributed by atoms with Crippen molar-refractivity contribution >= 4 is 17.5 Å². The number of pyridine rings is 1. The third-order valence-electron chi connectivity index (χ3n) is 2.21. The third-order valence-corrected chi connectivity index (χ3v) is 2.21. The summed E-state index contributed by atoms with van der Waals surface area (Å²) in [7, 11) is 3.23. The van der Waals surface area contributed by atoms with Crippen molar-refractivity contribution in [2.45, 2.75) is 13.3 Å². The van der Waals surface area contributed by atoms with Crippen LogP contribution in [0, 0.1) is 0 Å². The van der Waals surface area contributed by atoms with Crippen LogP contribution in [0.15, 0.2) is 12.3 Å². The van der Waals surface area contributed by atoms with E-state index in [9.17, 15) is 4.79 Å². The predicted octanol–water partition coefficient (Wildman–Crippen LogP) is 1.30. The van der Waals surface area contributed by atoms with Gasteiger partial charge in [0.05, 0.1) is 19.0 Å². The number of methoxy groups -OCH3 is 1. The van der Waals surface area contributed by atoms with Gasteiger partial charge in [-0.05, 0) is 12.5 Å². The minimum atomic E-state index is -0.419. The van der Waals surface area contributed by atoms with E-state index in [0.29, 0.717) is 17.1 Å². The average molecular weight is 223 g/mol. The van der Waals surface area contributed by atoms with Crippen molar-refractivity contribution in [1.29, 1.82) is 0 Å². The molecule has 0 amide bonds. The minimum absolute atomic E-state index is 0.401. The van der Waals surface area contributed by atoms with Gasteiger partial charge in [0, 0.05) is 13.6 Å². The van der Waals surface area contributed by atoms with Gasteiger partial charge in [-0.3, -0.25) is 0 Å². The Labute approximate surface area is 95.2 Å². The van der Waals surface area contributed by atoms with E-state index in [1.54, 1.807) is 6.07 Å². The van der Waals surface area contributed by atoms with Crippen LogP contribution in [0.25, 0.3) is 0 Å². The van der Waals surface area contributed by atoms with Crippen LogP contribution in [0.4, 0.5) is 11.5 Å². The summed E-state index contributed by atoms with van der Waals surface area (Å²) in [6.07, 6.45) is 2.51. The van der Waals surface area contributed by atoms with Gasteiger partial charge in [0.1, 0.15) is 11.4 Å². The van der Waals surface area contributed by atoms with Gasteiger partial charge in [0.25, 0.3) is 0 Å². The van der Waals surface area contributed by atoms with E-state index in [2.05, 4.69) is 11.9 Å². The zero-order valence-corrected chi connectivity index (χ0v) is 9.86. The van der Waals surface area contributed by atoms with Crippen molar-refractivity contribution < 1.29 is 9.53 Å². The van der Waals surface area contributed by atoms with Crippen molar-refractivity contribution in [3.63, 3.8) is 0 Å². The zero-order chi connectivity index (χ0) is 12.1. The Hall–Kier alpha value is -1.78. The van der Waals surface area contributed by atoms with Crippen molar-refractivity contribution in [3.05, 3.63) is 17.8 Å². The van der Waals surface area contributed by atoms with E-state index in [1.165, 1.54) is 13.3 Å². The van der Waals surface area contributed by atoms with Crippen molar-refractivity contribution in [2.75, 3.05) is 31.3 Å². The summed E-state index contributed by atoms with van der Waals surface area (Å²) >= 11 is 0. The first kappa shape index (κ1) is 12.3. The first-order chi connectivity index (χ1) is 7.60. The fraction of sp³-hybridized carbons (Fsp3) is 0.455. The number of nitrogen functional groups attached to an aromatic ring is 1. The second-order valence-electron chi connectivity index (χ2n) is 3.55. The van der Waals surface area contributed by atoms with E-state index in [-0.39, 0.29) is 0 Å². The summed E-state index contributed by atoms with van der Waals surface area (Å²) in [5.74, 6) is 0.181. The lowest BCUT2D eigenvalue weighted by molar-refractivity contribution is 0.0601. The molecular weight excluding hydrogens is 206 g/mol. The van der Waals surface area contributed by atoms with Crippen LogP contribution in [0.5, 0.6) is 0 Å². The summed E-state index contributed by atoms with van der Waals surface area (Å²) in [6.45, 7) is 2.88. The summed E-state index contributed by atoms with van der Waals surface area (Å²) in [5, 5.41) is 0. The van der Waals surface area contributed by atoms with Gasteiger partial charge in [0.2, 0.25) is 0 Å². The molecule has 0 aliphatic heterocycles. The molecule has 5 nitrogen and oxygen atoms in total. The predicted molar refractivity (Wildman–Crippen MR) is 63.5 cm³/mol. The maximum absolute atomic E-state index is 11.6. The van der Waals surface area contributed by atoms with Crippen molar-refractivity contribution in [1.82, 2.24) is 4.98 Å². The summed E-state index contributed by atoms with van der Waals surface area (Å²) in [5.41, 5.74) is 6.46. The number of carbonyl (C=O) groups is 1. The molecule has 0 saturated heterocycles. The third kappa shape index (κ3) is 2.62. The molecule has 0 fully saturated rings. The zero-order valence-electron chi connectivity index (χ0n) is 9.86. The van der Waals surface area contributed by atoms with Crippen LogP contribution in [0.3, 0.4) is 0 Å². The highest BCUT2D eigenvalue weighted by molar-refractivity contribution is 5.95. The van der Waals surface area contributed by atoms with Gasteiger partial charge < -0.3 is 15.4 Å². The molecule has 1 rings (SSSR count). The minimum Gasteiger partial charge on any atom is -0.465 e. The van der Waals surface area contributed by atoms with Gasteiger partial charge in [0.15, 0.2) is 0 Å². The molecule has 0 aliphatic carbocycles. The number of rotatable bonds is 4. The number of carbonyl (C=O) groups excluding carboxylic acids is 1. The van der Waals surface area contributed by atoms with Crippen LogP contribution in [0.2, 0.25) is 0 Å². The number of anilines is 2. The molecule has 0 aromatic carbocycles. The molecule has 16 heavy (non-hydrogen) atoms. The lowest BCUT2D eigenvalue weighted by Gasteiger charge is -2.19. The highest BCUT2D eigenvalue weighted by Gasteiger charge is 2.16. The maximum atomic E-state index is 11.6. The topological polar surface area (TPSA) is 68.5 Å². The Morgan fingerprint density at radius 2 is 2.31 bits per heavy atom. The number of hydrogen-bond donors (Lipinski definition) is 1. The Morgan fingerprint density at radius 3 is 2.88 bits per heavy atom. The molecule has 1 aromatic rings. The second-order valence-corrected chi connectivity index (χ2v) is 3.55. The molecule has 0 saturated carbocycles. The fourth-order valence-electron chi connectivity index (χ4n) is 1.48. The monoisotopic (exact) mass is 223 g/mol. The number of nitrogens with two attached hydrogens (primary N) is 1. The van der Waals surface area contributed by atoms with Crippen molar-refractivity contribution in [2.24, 2.45) is 0 Å². The molecule has 0 spiro atoms. The number of nitrogens with zero attached hydrogens (tertiary/aromatic N) is 2. The lowest BCUT2D eigenvalue weighted by atomic mass is 10.2. The van der Waals surface area contributed by atoms with E-state index in [1.807, 2.05) is 11.9 Å². The largest absolute Gasteiger partial charge is 0.465 e. The highest BCUT2D eigenvalue weighted by atomic mass is 16.5. The fourth-order valence-corrected chi connectivity index (χ4v) is 1.48. The molecule has 0 radical (unpaired) electrons. The quantitative estimate of drug-likeness (QED) is 0.779. The Bertz CT molecular complexity index is 379. The smallest absolute Gasteiger partial charge is 0.341 e. The van der Waals surface area contributed by atoms with Crippen LogP contribution in [-0.4, -0.2) is 31.7 Å². The molecule has 0 unspecified atom stereocenters. The number of hydrogen-bond acceptors (Lipinski definition) is 5. The van der Waals surface area contributed by atoms with Crippen molar-refractivity contribution in [3.8, 4) is 0 Å². The molecule has 1 heterocycles. The van der Waals surface area contributed by atoms with Crippen LogP contribution in [-0.2, 0) is 4.74 Å². The van der Waals surface area contributed by atoms with Gasteiger partial charge in [-0.15, -0.1) is 0 Å². The Morgan fingerprint density at radius 1 is 1.62 bits per heavy atom. The van der Waals surface area contributed by atoms with Crippen LogP contribution >= 0.6 is 0 Å². The summed E-state index contributed by atoms with van der Waals surface area (Å²) in [6, 6.07) is 1.58. The second kappa shape index (κ2) is 5.34. The van der Waals surface area contributed by atoms with E-state index in [4.69, 9.17) is 10.5 Å². The first-order valence-corrected chi connectivity index (χ1v) is 5.15. The van der Waals surface area contributed by atoms with E-state index >= 15 is 0 Å². The maximum Gasteiger partial charge on any atom is 0.341 e. The van der Waals surface area contributed by atoms with Gasteiger partial charge in [-0.1, -0.05) is 6.92 Å². The molecule has 0 bridgehead atoms. The molecule has 0 atom stereocenters. The Kier molecular flexibility index (Phi) is 4.10.